The van der Waals surface area contributed by atoms with Gasteiger partial charge in [-0.15, -0.1) is 0 Å². The van der Waals surface area contributed by atoms with Gasteiger partial charge in [0.05, 0.1) is 6.42 Å². The van der Waals surface area contributed by atoms with Crippen molar-refractivity contribution in [3.63, 3.8) is 0 Å². The minimum Gasteiger partial charge on any atom is -0.481 e. The highest BCUT2D eigenvalue weighted by atomic mass is 16.6. The number of aliphatic carboxylic acids is 1. The molecule has 1 aliphatic heterocycles. The predicted molar refractivity (Wildman–Crippen MR) is 92.3 cm³/mol. The first-order valence-corrected chi connectivity index (χ1v) is 8.45. The van der Waals surface area contributed by atoms with E-state index in [2.05, 4.69) is 6.07 Å². The number of piperidine rings is 1. The summed E-state index contributed by atoms with van der Waals surface area (Å²) in [6, 6.07) is 6.03. The summed E-state index contributed by atoms with van der Waals surface area (Å²) in [5.74, 6) is -0.405. The van der Waals surface area contributed by atoms with Gasteiger partial charge >= 0.3 is 12.1 Å². The van der Waals surface area contributed by atoms with Crippen molar-refractivity contribution in [1.82, 2.24) is 4.90 Å². The first kappa shape index (κ1) is 18.3. The Labute approximate surface area is 143 Å². The van der Waals surface area contributed by atoms with Gasteiger partial charge in [0.1, 0.15) is 5.60 Å². The number of carbonyl (C=O) groups excluding carboxylic acids is 1. The van der Waals surface area contributed by atoms with Crippen LogP contribution < -0.4 is 0 Å². The fraction of sp³-hybridized carbons (Fsp3) is 0.579. The van der Waals surface area contributed by atoms with Crippen molar-refractivity contribution in [3.05, 3.63) is 34.9 Å². The van der Waals surface area contributed by atoms with E-state index in [4.69, 9.17) is 9.84 Å². The summed E-state index contributed by atoms with van der Waals surface area (Å²) in [5, 5.41) is 8.92. The molecule has 1 saturated heterocycles. The maximum atomic E-state index is 12.1. The van der Waals surface area contributed by atoms with Crippen LogP contribution in [0.5, 0.6) is 0 Å². The Kier molecular flexibility index (Phi) is 5.52. The van der Waals surface area contributed by atoms with E-state index in [0.717, 1.165) is 24.0 Å². The van der Waals surface area contributed by atoms with Crippen LogP contribution >= 0.6 is 0 Å². The molecule has 1 aliphatic rings. The number of benzene rings is 1. The van der Waals surface area contributed by atoms with Gasteiger partial charge in [0, 0.05) is 13.1 Å². The first-order valence-electron chi connectivity index (χ1n) is 8.45. The molecule has 0 aliphatic carbocycles. The van der Waals surface area contributed by atoms with Crippen molar-refractivity contribution in [2.24, 2.45) is 0 Å². The maximum Gasteiger partial charge on any atom is 0.410 e. The lowest BCUT2D eigenvalue weighted by atomic mass is 9.87. The fourth-order valence-electron chi connectivity index (χ4n) is 3.06. The van der Waals surface area contributed by atoms with Crippen LogP contribution in [0.1, 0.15) is 56.2 Å². The molecule has 0 aromatic heterocycles. The third kappa shape index (κ3) is 4.98. The highest BCUT2D eigenvalue weighted by Crippen LogP contribution is 2.30. The van der Waals surface area contributed by atoms with Gasteiger partial charge in [-0.2, -0.15) is 0 Å². The number of carbonyl (C=O) groups is 2. The molecule has 0 radical (unpaired) electrons. The molecule has 1 heterocycles. The zero-order valence-corrected chi connectivity index (χ0v) is 15.0. The van der Waals surface area contributed by atoms with E-state index in [0.29, 0.717) is 19.0 Å². The second-order valence-electron chi connectivity index (χ2n) is 7.50. The average molecular weight is 333 g/mol. The number of hydrogen-bond donors (Lipinski definition) is 1. The maximum absolute atomic E-state index is 12.1. The molecule has 1 aromatic rings. The molecule has 1 amide bonds. The van der Waals surface area contributed by atoms with E-state index in [1.165, 1.54) is 5.56 Å². The number of carboxylic acid groups (broad SMARTS) is 1. The van der Waals surface area contributed by atoms with E-state index in [1.807, 2.05) is 39.8 Å². The van der Waals surface area contributed by atoms with Crippen LogP contribution in [0.2, 0.25) is 0 Å². The number of amides is 1. The number of hydrogen-bond acceptors (Lipinski definition) is 3. The zero-order chi connectivity index (χ0) is 17.9. The average Bonchev–Trinajstić information content (AvgIpc) is 2.47. The predicted octanol–water partition coefficient (Wildman–Crippen LogP) is 3.74. The fourth-order valence-corrected chi connectivity index (χ4v) is 3.06. The molecule has 2 rings (SSSR count). The molecular weight excluding hydrogens is 306 g/mol. The number of aryl methyl sites for hydroxylation is 1. The van der Waals surface area contributed by atoms with Crippen molar-refractivity contribution >= 4 is 12.1 Å². The number of rotatable bonds is 3. The standard InChI is InChI=1S/C19H27NO4/c1-13-11-16(6-5-15(13)12-17(21)22)14-7-9-20(10-8-14)18(23)24-19(2,3)4/h5-6,11,14H,7-10,12H2,1-4H3,(H,21,22). The Balaban J connectivity index is 1.96. The summed E-state index contributed by atoms with van der Waals surface area (Å²) in [6.07, 6.45) is 1.62. The Bertz CT molecular complexity index is 610. The van der Waals surface area contributed by atoms with Crippen molar-refractivity contribution in [2.45, 2.75) is 58.5 Å². The van der Waals surface area contributed by atoms with Gasteiger partial charge in [0.25, 0.3) is 0 Å². The van der Waals surface area contributed by atoms with Gasteiger partial charge in [0.2, 0.25) is 0 Å². The van der Waals surface area contributed by atoms with Crippen molar-refractivity contribution in [3.8, 4) is 0 Å². The van der Waals surface area contributed by atoms with E-state index in [9.17, 15) is 9.59 Å². The highest BCUT2D eigenvalue weighted by molar-refractivity contribution is 5.70. The normalized spacial score (nSPS) is 16.1. The minimum atomic E-state index is -0.809. The third-order valence-electron chi connectivity index (χ3n) is 4.33. The first-order chi connectivity index (χ1) is 11.2. The van der Waals surface area contributed by atoms with Gasteiger partial charge in [-0.1, -0.05) is 18.2 Å². The Hall–Kier alpha value is -2.04. The summed E-state index contributed by atoms with van der Waals surface area (Å²) in [5.41, 5.74) is 2.64. The number of likely N-dealkylation sites (tertiary alicyclic amines) is 1. The quantitative estimate of drug-likeness (QED) is 0.915. The van der Waals surface area contributed by atoms with Gasteiger partial charge in [-0.3, -0.25) is 4.79 Å². The summed E-state index contributed by atoms with van der Waals surface area (Å²) >= 11 is 0. The lowest BCUT2D eigenvalue weighted by molar-refractivity contribution is -0.136. The van der Waals surface area contributed by atoms with E-state index >= 15 is 0 Å². The molecule has 0 spiro atoms. The molecule has 1 aromatic carbocycles. The summed E-state index contributed by atoms with van der Waals surface area (Å²) in [7, 11) is 0. The molecule has 132 valence electrons. The molecule has 1 N–H and O–H groups in total. The summed E-state index contributed by atoms with van der Waals surface area (Å²) in [6.45, 7) is 8.96. The Morgan fingerprint density at radius 2 is 1.88 bits per heavy atom. The molecule has 0 bridgehead atoms. The molecule has 5 heteroatoms. The van der Waals surface area contributed by atoms with Crippen LogP contribution in [-0.4, -0.2) is 40.8 Å². The molecular formula is C19H27NO4. The van der Waals surface area contributed by atoms with E-state index in [1.54, 1.807) is 4.90 Å². The largest absolute Gasteiger partial charge is 0.481 e. The van der Waals surface area contributed by atoms with Crippen LogP contribution in [0.3, 0.4) is 0 Å². The van der Waals surface area contributed by atoms with Crippen LogP contribution in [-0.2, 0) is 16.0 Å². The number of nitrogens with zero attached hydrogens (tertiary/aromatic N) is 1. The SMILES string of the molecule is Cc1cc(C2CCN(C(=O)OC(C)(C)C)CC2)ccc1CC(=O)O. The molecule has 0 saturated carbocycles. The molecule has 1 fully saturated rings. The van der Waals surface area contributed by atoms with Crippen LogP contribution in [0.4, 0.5) is 4.79 Å². The lowest BCUT2D eigenvalue weighted by Crippen LogP contribution is -2.41. The highest BCUT2D eigenvalue weighted by Gasteiger charge is 2.27. The summed E-state index contributed by atoms with van der Waals surface area (Å²) in [4.78, 5) is 24.7. The summed E-state index contributed by atoms with van der Waals surface area (Å²) < 4.78 is 5.42. The number of ether oxygens (including phenoxy) is 1. The van der Waals surface area contributed by atoms with Crippen LogP contribution in [0.15, 0.2) is 18.2 Å². The van der Waals surface area contributed by atoms with Gasteiger partial charge < -0.3 is 14.7 Å². The molecule has 5 nitrogen and oxygen atoms in total. The molecule has 0 unspecified atom stereocenters. The Morgan fingerprint density at radius 3 is 2.38 bits per heavy atom. The second kappa shape index (κ2) is 7.24. The van der Waals surface area contributed by atoms with Crippen molar-refractivity contribution < 1.29 is 19.4 Å². The zero-order valence-electron chi connectivity index (χ0n) is 15.0. The van der Waals surface area contributed by atoms with Crippen molar-refractivity contribution in [2.75, 3.05) is 13.1 Å². The molecule has 0 atom stereocenters. The van der Waals surface area contributed by atoms with Crippen LogP contribution in [0.25, 0.3) is 0 Å². The monoisotopic (exact) mass is 333 g/mol. The second-order valence-corrected chi connectivity index (χ2v) is 7.50. The minimum absolute atomic E-state index is 0.0587. The molecule has 24 heavy (non-hydrogen) atoms. The van der Waals surface area contributed by atoms with E-state index in [-0.39, 0.29) is 12.5 Å². The number of carboxylic acids is 1. The topological polar surface area (TPSA) is 66.8 Å². The van der Waals surface area contributed by atoms with Gasteiger partial charge in [-0.05, 0) is 63.1 Å². The Morgan fingerprint density at radius 1 is 1.25 bits per heavy atom. The van der Waals surface area contributed by atoms with Gasteiger partial charge in [-0.25, -0.2) is 4.79 Å². The third-order valence-corrected chi connectivity index (χ3v) is 4.33. The smallest absolute Gasteiger partial charge is 0.410 e. The lowest BCUT2D eigenvalue weighted by Gasteiger charge is -2.33. The van der Waals surface area contributed by atoms with Gasteiger partial charge in [0.15, 0.2) is 0 Å². The van der Waals surface area contributed by atoms with E-state index < -0.39 is 11.6 Å². The van der Waals surface area contributed by atoms with Crippen LogP contribution in [0, 0.1) is 6.92 Å². The van der Waals surface area contributed by atoms with Crippen molar-refractivity contribution in [1.29, 1.82) is 0 Å².